The summed E-state index contributed by atoms with van der Waals surface area (Å²) in [5.74, 6) is -0.905. The number of nitrogens with one attached hydrogen (secondary N) is 2. The van der Waals surface area contributed by atoms with Gasteiger partial charge < -0.3 is 10.6 Å². The lowest BCUT2D eigenvalue weighted by Crippen LogP contribution is -2.45. The molecule has 178 valence electrons. The zero-order chi connectivity index (χ0) is 24.2. The monoisotopic (exact) mass is 462 g/mol. The number of benzene rings is 2. The van der Waals surface area contributed by atoms with Gasteiger partial charge in [0.1, 0.15) is 18.4 Å². The van der Waals surface area contributed by atoms with Crippen LogP contribution in [0, 0.1) is 12.7 Å². The average molecular weight is 463 g/mol. The Labute approximate surface area is 199 Å². The molecular weight excluding hydrogens is 431 g/mol. The Morgan fingerprint density at radius 3 is 2.53 bits per heavy atom. The van der Waals surface area contributed by atoms with E-state index in [1.54, 1.807) is 29.2 Å². The van der Waals surface area contributed by atoms with Crippen LogP contribution in [-0.4, -0.2) is 34.1 Å². The molecule has 0 aliphatic carbocycles. The molecule has 0 saturated carbocycles. The largest absolute Gasteiger partial charge is 0.341 e. The predicted octanol–water partition coefficient (Wildman–Crippen LogP) is 4.30. The molecule has 1 aliphatic rings. The van der Waals surface area contributed by atoms with Gasteiger partial charge in [0.25, 0.3) is 0 Å². The van der Waals surface area contributed by atoms with Crippen LogP contribution < -0.4 is 10.6 Å². The average Bonchev–Trinajstić information content (AvgIpc) is 3.49. The maximum atomic E-state index is 15.9. The number of amides is 1. The Morgan fingerprint density at radius 1 is 1.18 bits per heavy atom. The second-order valence-corrected chi connectivity index (χ2v) is 9.23. The minimum atomic E-state index is -1.01. The van der Waals surface area contributed by atoms with Crippen LogP contribution in [0.5, 0.6) is 0 Å². The van der Waals surface area contributed by atoms with Gasteiger partial charge in [-0.3, -0.25) is 14.3 Å². The topological polar surface area (TPSA) is 76.0 Å². The molecule has 2 unspecified atom stereocenters. The first kappa shape index (κ1) is 23.8. The SMILES string of the molecule is Cc1cnn(CC(=O)C(NC(=O)C2CCCN2)c2ccc(C(C)C)c(F)c2-c2ccccc2)c1. The molecule has 2 atom stereocenters. The zero-order valence-corrected chi connectivity index (χ0v) is 19.8. The van der Waals surface area contributed by atoms with Crippen molar-refractivity contribution in [3.05, 3.63) is 77.4 Å². The van der Waals surface area contributed by atoms with Crippen molar-refractivity contribution in [2.24, 2.45) is 0 Å². The van der Waals surface area contributed by atoms with E-state index in [0.29, 0.717) is 28.7 Å². The molecule has 2 N–H and O–H groups in total. The number of aromatic nitrogens is 2. The van der Waals surface area contributed by atoms with Crippen molar-refractivity contribution < 1.29 is 14.0 Å². The number of hydrogen-bond donors (Lipinski definition) is 2. The normalized spacial score (nSPS) is 16.6. The summed E-state index contributed by atoms with van der Waals surface area (Å²) in [6.07, 6.45) is 5.05. The molecule has 1 amide bonds. The molecule has 1 fully saturated rings. The number of carbonyl (C=O) groups is 2. The van der Waals surface area contributed by atoms with Crippen molar-refractivity contribution in [3.63, 3.8) is 0 Å². The van der Waals surface area contributed by atoms with Crippen LogP contribution in [0.1, 0.15) is 55.3 Å². The maximum Gasteiger partial charge on any atom is 0.237 e. The van der Waals surface area contributed by atoms with E-state index in [1.807, 2.05) is 51.1 Å². The van der Waals surface area contributed by atoms with Crippen molar-refractivity contribution in [1.29, 1.82) is 0 Å². The third kappa shape index (κ3) is 5.09. The number of aryl methyl sites for hydroxylation is 1. The van der Waals surface area contributed by atoms with Gasteiger partial charge in [-0.2, -0.15) is 5.10 Å². The Balaban J connectivity index is 1.80. The highest BCUT2D eigenvalue weighted by molar-refractivity contribution is 5.93. The summed E-state index contributed by atoms with van der Waals surface area (Å²) in [6, 6.07) is 11.3. The number of hydrogen-bond acceptors (Lipinski definition) is 4. The van der Waals surface area contributed by atoms with Gasteiger partial charge >= 0.3 is 0 Å². The van der Waals surface area contributed by atoms with Crippen LogP contribution in [0.15, 0.2) is 54.9 Å². The summed E-state index contributed by atoms with van der Waals surface area (Å²) in [4.78, 5) is 26.6. The van der Waals surface area contributed by atoms with Gasteiger partial charge in [0.05, 0.1) is 12.2 Å². The first-order valence-electron chi connectivity index (χ1n) is 11.8. The van der Waals surface area contributed by atoms with Gasteiger partial charge in [0.15, 0.2) is 5.78 Å². The highest BCUT2D eigenvalue weighted by Gasteiger charge is 2.31. The van der Waals surface area contributed by atoms with Crippen molar-refractivity contribution in [2.45, 2.75) is 58.2 Å². The number of nitrogens with zero attached hydrogens (tertiary/aromatic N) is 2. The molecule has 4 rings (SSSR count). The summed E-state index contributed by atoms with van der Waals surface area (Å²) in [7, 11) is 0. The molecule has 6 nitrogen and oxygen atoms in total. The van der Waals surface area contributed by atoms with Crippen LogP contribution in [0.2, 0.25) is 0 Å². The Kier molecular flexibility index (Phi) is 7.22. The van der Waals surface area contributed by atoms with E-state index < -0.39 is 6.04 Å². The van der Waals surface area contributed by atoms with Crippen molar-refractivity contribution >= 4 is 11.7 Å². The first-order valence-corrected chi connectivity index (χ1v) is 11.8. The minimum absolute atomic E-state index is 0.0291. The highest BCUT2D eigenvalue weighted by Crippen LogP contribution is 2.35. The van der Waals surface area contributed by atoms with Crippen molar-refractivity contribution in [3.8, 4) is 11.1 Å². The van der Waals surface area contributed by atoms with Crippen LogP contribution in [0.25, 0.3) is 11.1 Å². The van der Waals surface area contributed by atoms with Gasteiger partial charge in [-0.25, -0.2) is 4.39 Å². The fourth-order valence-corrected chi connectivity index (χ4v) is 4.48. The summed E-state index contributed by atoms with van der Waals surface area (Å²) in [6.45, 7) is 6.49. The zero-order valence-electron chi connectivity index (χ0n) is 19.8. The molecule has 2 aromatic carbocycles. The van der Waals surface area contributed by atoms with Crippen LogP contribution in [0.4, 0.5) is 4.39 Å². The lowest BCUT2D eigenvalue weighted by molar-refractivity contribution is -0.129. The molecule has 3 aromatic rings. The third-order valence-electron chi connectivity index (χ3n) is 6.27. The summed E-state index contributed by atoms with van der Waals surface area (Å²) >= 11 is 0. The molecule has 1 saturated heterocycles. The number of Topliss-reactive ketones (excluding diaryl/α,β-unsaturated/α-hetero) is 1. The molecule has 0 spiro atoms. The summed E-state index contributed by atoms with van der Waals surface area (Å²) < 4.78 is 17.5. The molecule has 1 aromatic heterocycles. The smallest absolute Gasteiger partial charge is 0.237 e. The lowest BCUT2D eigenvalue weighted by atomic mass is 9.88. The Morgan fingerprint density at radius 2 is 1.91 bits per heavy atom. The van der Waals surface area contributed by atoms with E-state index in [2.05, 4.69) is 15.7 Å². The van der Waals surface area contributed by atoms with Gasteiger partial charge in [-0.1, -0.05) is 56.3 Å². The Hall–Kier alpha value is -3.32. The fourth-order valence-electron chi connectivity index (χ4n) is 4.48. The standard InChI is InChI=1S/C27H31FN4O2/c1-17(2)20-11-12-21(24(25(20)28)19-8-5-4-6-9-19)26(31-27(34)22-10-7-13-29-22)23(33)16-32-15-18(3)14-30-32/h4-6,8-9,11-12,14-15,17,22,26,29H,7,10,13,16H2,1-3H3,(H,31,34). The Bertz CT molecular complexity index is 1170. The number of carbonyl (C=O) groups excluding carboxylic acids is 2. The van der Waals surface area contributed by atoms with Crippen molar-refractivity contribution in [1.82, 2.24) is 20.4 Å². The van der Waals surface area contributed by atoms with Crippen molar-refractivity contribution in [2.75, 3.05) is 6.54 Å². The van der Waals surface area contributed by atoms with Crippen LogP contribution in [-0.2, 0) is 16.1 Å². The summed E-state index contributed by atoms with van der Waals surface area (Å²) in [5.41, 5.74) is 2.97. The van der Waals surface area contributed by atoms with Crippen LogP contribution >= 0.6 is 0 Å². The van der Waals surface area contributed by atoms with E-state index in [4.69, 9.17) is 0 Å². The second-order valence-electron chi connectivity index (χ2n) is 9.23. The quantitative estimate of drug-likeness (QED) is 0.523. The van der Waals surface area contributed by atoms with E-state index in [0.717, 1.165) is 18.5 Å². The molecule has 2 heterocycles. The van der Waals surface area contributed by atoms with Gasteiger partial charge in [-0.15, -0.1) is 0 Å². The second kappa shape index (κ2) is 10.3. The van der Waals surface area contributed by atoms with E-state index in [1.165, 1.54) is 0 Å². The van der Waals surface area contributed by atoms with E-state index in [9.17, 15) is 9.59 Å². The first-order chi connectivity index (χ1) is 16.3. The van der Waals surface area contributed by atoms with E-state index >= 15 is 4.39 Å². The molecule has 0 radical (unpaired) electrons. The number of ketones is 1. The lowest BCUT2D eigenvalue weighted by Gasteiger charge is -2.25. The number of rotatable bonds is 8. The van der Waals surface area contributed by atoms with Gasteiger partial charge in [0, 0.05) is 11.8 Å². The molecule has 7 heteroatoms. The van der Waals surface area contributed by atoms with Gasteiger partial charge in [-0.05, 0) is 54.5 Å². The van der Waals surface area contributed by atoms with Gasteiger partial charge in [0.2, 0.25) is 5.91 Å². The van der Waals surface area contributed by atoms with E-state index in [-0.39, 0.29) is 36.0 Å². The predicted molar refractivity (Wildman–Crippen MR) is 130 cm³/mol. The molecular formula is C27H31FN4O2. The summed E-state index contributed by atoms with van der Waals surface area (Å²) in [5, 5.41) is 10.3. The highest BCUT2D eigenvalue weighted by atomic mass is 19.1. The maximum absolute atomic E-state index is 15.9. The number of halogens is 1. The fraction of sp³-hybridized carbons (Fsp3) is 0.370. The molecule has 34 heavy (non-hydrogen) atoms. The molecule has 1 aliphatic heterocycles. The van der Waals surface area contributed by atoms with Crippen LogP contribution in [0.3, 0.4) is 0 Å². The minimum Gasteiger partial charge on any atom is -0.341 e. The molecule has 0 bridgehead atoms. The third-order valence-corrected chi connectivity index (χ3v) is 6.27.